The number of rotatable bonds is 7. The average Bonchev–Trinajstić information content (AvgIpc) is 3.10. The zero-order valence-corrected chi connectivity index (χ0v) is 20.5. The first kappa shape index (κ1) is 23.8. The molecule has 0 aliphatic rings. The number of hydrogen-bond donors (Lipinski definition) is 2. The van der Waals surface area contributed by atoms with Crippen LogP contribution in [0.2, 0.25) is 5.02 Å². The normalized spacial score (nSPS) is 10.4. The molecule has 2 N–H and O–H groups in total. The van der Waals surface area contributed by atoms with Crippen molar-refractivity contribution in [3.8, 4) is 22.6 Å². The van der Waals surface area contributed by atoms with Crippen LogP contribution in [0.15, 0.2) is 42.5 Å². The fourth-order valence-electron chi connectivity index (χ4n) is 3.20. The molecule has 9 heteroatoms. The van der Waals surface area contributed by atoms with Crippen LogP contribution in [0.5, 0.6) is 11.5 Å². The summed E-state index contributed by atoms with van der Waals surface area (Å²) in [6.07, 6.45) is 0. The van der Waals surface area contributed by atoms with E-state index < -0.39 is 5.97 Å². The Morgan fingerprint density at radius 1 is 1.09 bits per heavy atom. The first-order valence-corrected chi connectivity index (χ1v) is 11.3. The van der Waals surface area contributed by atoms with E-state index in [1.807, 2.05) is 37.3 Å². The molecule has 0 aliphatic carbocycles. The fraction of sp³-hybridized carbons (Fsp3) is 0.217. The lowest BCUT2D eigenvalue weighted by Crippen LogP contribution is -2.20. The van der Waals surface area contributed by atoms with E-state index in [0.29, 0.717) is 32.8 Å². The Labute approximate surface area is 201 Å². The third-order valence-corrected chi connectivity index (χ3v) is 6.10. The Morgan fingerprint density at radius 3 is 2.41 bits per heavy atom. The molecular formula is C23H23ClN2O4S2. The molecule has 0 radical (unpaired) electrons. The number of benzene rings is 2. The van der Waals surface area contributed by atoms with Crippen LogP contribution in [0.3, 0.4) is 0 Å². The lowest BCUT2D eigenvalue weighted by Gasteiger charge is -2.15. The van der Waals surface area contributed by atoms with Gasteiger partial charge in [0.05, 0.1) is 31.5 Å². The summed E-state index contributed by atoms with van der Waals surface area (Å²) in [4.78, 5) is 13.8. The summed E-state index contributed by atoms with van der Waals surface area (Å²) in [7, 11) is 3.06. The van der Waals surface area contributed by atoms with Gasteiger partial charge in [0.1, 0.15) is 22.1 Å². The fourth-order valence-corrected chi connectivity index (χ4v) is 4.77. The summed E-state index contributed by atoms with van der Waals surface area (Å²) in [5.74, 6) is 0.563. The Bertz CT molecular complexity index is 1130. The van der Waals surface area contributed by atoms with E-state index in [0.717, 1.165) is 16.0 Å². The molecule has 0 spiro atoms. The number of anilines is 2. The average molecular weight is 491 g/mol. The van der Waals surface area contributed by atoms with Crippen molar-refractivity contribution in [3.63, 3.8) is 0 Å². The first-order valence-electron chi connectivity index (χ1n) is 9.75. The van der Waals surface area contributed by atoms with E-state index in [2.05, 4.69) is 10.6 Å². The van der Waals surface area contributed by atoms with Crippen molar-refractivity contribution in [1.29, 1.82) is 0 Å². The summed E-state index contributed by atoms with van der Waals surface area (Å²) in [6, 6.07) is 13.0. The molecule has 0 bridgehead atoms. The predicted molar refractivity (Wildman–Crippen MR) is 135 cm³/mol. The molecule has 0 fully saturated rings. The maximum absolute atomic E-state index is 12.9. The van der Waals surface area contributed by atoms with Gasteiger partial charge in [-0.1, -0.05) is 41.9 Å². The summed E-state index contributed by atoms with van der Waals surface area (Å²) in [5.41, 5.74) is 2.77. The number of halogens is 1. The summed E-state index contributed by atoms with van der Waals surface area (Å²) in [6.45, 7) is 4.01. The molecule has 3 rings (SSSR count). The van der Waals surface area contributed by atoms with E-state index in [1.54, 1.807) is 19.1 Å². The molecule has 168 valence electrons. The molecule has 2 aromatic carbocycles. The smallest absolute Gasteiger partial charge is 0.341 e. The van der Waals surface area contributed by atoms with Gasteiger partial charge in [-0.2, -0.15) is 0 Å². The summed E-state index contributed by atoms with van der Waals surface area (Å²) >= 11 is 13.1. The van der Waals surface area contributed by atoms with Gasteiger partial charge in [0, 0.05) is 22.6 Å². The van der Waals surface area contributed by atoms with Crippen molar-refractivity contribution in [1.82, 2.24) is 0 Å². The first-order chi connectivity index (χ1) is 15.4. The number of carbonyl (C=O) groups excluding carboxylic acids is 1. The van der Waals surface area contributed by atoms with Crippen LogP contribution >= 0.6 is 35.2 Å². The summed E-state index contributed by atoms with van der Waals surface area (Å²) in [5, 5.41) is 7.52. The van der Waals surface area contributed by atoms with Gasteiger partial charge in [-0.25, -0.2) is 4.79 Å². The van der Waals surface area contributed by atoms with Crippen molar-refractivity contribution in [2.24, 2.45) is 0 Å². The quantitative estimate of drug-likeness (QED) is 0.294. The minimum atomic E-state index is -0.410. The predicted octanol–water partition coefficient (Wildman–Crippen LogP) is 6.38. The number of carbonyl (C=O) groups is 1. The van der Waals surface area contributed by atoms with Gasteiger partial charge >= 0.3 is 5.97 Å². The van der Waals surface area contributed by atoms with Crippen LogP contribution in [0.4, 0.5) is 10.7 Å². The zero-order valence-electron chi connectivity index (χ0n) is 18.1. The lowest BCUT2D eigenvalue weighted by atomic mass is 10.0. The Morgan fingerprint density at radius 2 is 1.78 bits per heavy atom. The van der Waals surface area contributed by atoms with Crippen molar-refractivity contribution in [3.05, 3.63) is 57.9 Å². The molecule has 0 atom stereocenters. The number of hydrogen-bond acceptors (Lipinski definition) is 6. The number of ether oxygens (including phenoxy) is 3. The Hall–Kier alpha value is -2.81. The molecule has 3 aromatic rings. The largest absolute Gasteiger partial charge is 0.495 e. The second-order valence-corrected chi connectivity index (χ2v) is 8.63. The van der Waals surface area contributed by atoms with Gasteiger partial charge in [0.25, 0.3) is 0 Å². The third-order valence-electron chi connectivity index (χ3n) is 4.58. The van der Waals surface area contributed by atoms with Crippen molar-refractivity contribution in [2.45, 2.75) is 13.8 Å². The van der Waals surface area contributed by atoms with E-state index in [1.165, 1.54) is 25.6 Å². The highest BCUT2D eigenvalue weighted by Crippen LogP contribution is 2.41. The van der Waals surface area contributed by atoms with Gasteiger partial charge < -0.3 is 24.8 Å². The highest BCUT2D eigenvalue weighted by atomic mass is 35.5. The maximum atomic E-state index is 12.9. The molecular weight excluding hydrogens is 468 g/mol. The zero-order chi connectivity index (χ0) is 23.3. The topological polar surface area (TPSA) is 68.8 Å². The molecule has 32 heavy (non-hydrogen) atoms. The number of methoxy groups -OCH3 is 2. The lowest BCUT2D eigenvalue weighted by molar-refractivity contribution is 0.0529. The van der Waals surface area contributed by atoms with Gasteiger partial charge in [0.15, 0.2) is 5.11 Å². The van der Waals surface area contributed by atoms with E-state index in [4.69, 9.17) is 38.0 Å². The number of thiocarbonyl (C=S) groups is 1. The monoisotopic (exact) mass is 490 g/mol. The highest BCUT2D eigenvalue weighted by Gasteiger charge is 2.25. The molecule has 6 nitrogen and oxygen atoms in total. The number of esters is 1. The maximum Gasteiger partial charge on any atom is 0.341 e. The van der Waals surface area contributed by atoms with Gasteiger partial charge in [-0.15, -0.1) is 11.3 Å². The van der Waals surface area contributed by atoms with Crippen molar-refractivity contribution in [2.75, 3.05) is 31.5 Å². The molecule has 0 saturated carbocycles. The molecule has 0 aliphatic heterocycles. The van der Waals surface area contributed by atoms with Crippen molar-refractivity contribution >= 4 is 56.9 Å². The van der Waals surface area contributed by atoms with E-state index in [9.17, 15) is 4.79 Å². The van der Waals surface area contributed by atoms with Crippen LogP contribution < -0.4 is 20.1 Å². The number of thiophene rings is 1. The van der Waals surface area contributed by atoms with Crippen LogP contribution in [-0.2, 0) is 4.74 Å². The van der Waals surface area contributed by atoms with Crippen LogP contribution in [0.1, 0.15) is 22.2 Å². The molecule has 0 saturated heterocycles. The molecule has 0 unspecified atom stereocenters. The number of aryl methyl sites for hydroxylation is 1. The SMILES string of the molecule is CCOC(=O)c1c(NC(=S)Nc2cc(OC)c(Cl)cc2OC)sc(C)c1-c1ccccc1. The van der Waals surface area contributed by atoms with Gasteiger partial charge in [-0.3, -0.25) is 0 Å². The Kier molecular flexibility index (Phi) is 7.95. The minimum Gasteiger partial charge on any atom is -0.495 e. The van der Waals surface area contributed by atoms with Gasteiger partial charge in [-0.05, 0) is 31.6 Å². The van der Waals surface area contributed by atoms with Gasteiger partial charge in [0.2, 0.25) is 0 Å². The minimum absolute atomic E-state index is 0.270. The Balaban J connectivity index is 1.95. The molecule has 0 amide bonds. The second kappa shape index (κ2) is 10.7. The third kappa shape index (κ3) is 5.15. The van der Waals surface area contributed by atoms with Crippen LogP contribution in [-0.4, -0.2) is 31.9 Å². The summed E-state index contributed by atoms with van der Waals surface area (Å²) < 4.78 is 16.0. The van der Waals surface area contributed by atoms with Crippen LogP contribution in [0.25, 0.3) is 11.1 Å². The molecule has 1 heterocycles. The molecule has 1 aromatic heterocycles. The van der Waals surface area contributed by atoms with Crippen LogP contribution in [0, 0.1) is 6.92 Å². The standard InChI is InChI=1S/C23H23ClN2O4S2/c1-5-30-22(27)20-19(14-9-7-6-8-10-14)13(2)32-21(20)26-23(31)25-16-12-17(28-3)15(24)11-18(16)29-4/h6-12H,5H2,1-4H3,(H2,25,26,31). The number of nitrogens with one attached hydrogen (secondary N) is 2. The van der Waals surface area contributed by atoms with E-state index in [-0.39, 0.29) is 11.7 Å². The van der Waals surface area contributed by atoms with E-state index >= 15 is 0 Å². The van der Waals surface area contributed by atoms with Crippen molar-refractivity contribution < 1.29 is 19.0 Å². The highest BCUT2D eigenvalue weighted by molar-refractivity contribution is 7.80. The second-order valence-electron chi connectivity index (χ2n) is 6.59.